The maximum atomic E-state index is 6.25. The monoisotopic (exact) mass is 369 g/mol. The van der Waals surface area contributed by atoms with Gasteiger partial charge in [-0.05, 0) is 31.2 Å². The van der Waals surface area contributed by atoms with E-state index in [2.05, 4.69) is 4.98 Å². The molecule has 0 aliphatic carbocycles. The summed E-state index contributed by atoms with van der Waals surface area (Å²) in [6, 6.07) is 15.4. The summed E-state index contributed by atoms with van der Waals surface area (Å²) < 4.78 is 8.08. The third-order valence-corrected chi connectivity index (χ3v) is 5.28. The van der Waals surface area contributed by atoms with E-state index in [1.54, 1.807) is 17.7 Å². The number of fused-ring (bicyclic) bond motifs is 1. The van der Waals surface area contributed by atoms with Gasteiger partial charge < -0.3 is 10.5 Å². The van der Waals surface area contributed by atoms with Gasteiger partial charge in [0.15, 0.2) is 0 Å². The second-order valence-electron chi connectivity index (χ2n) is 5.76. The Kier molecular flexibility index (Phi) is 4.11. The number of imidazole rings is 1. The third-order valence-electron chi connectivity index (χ3n) is 4.03. The highest BCUT2D eigenvalue weighted by molar-refractivity contribution is 7.12. The van der Waals surface area contributed by atoms with Gasteiger partial charge in [0.25, 0.3) is 0 Å². The maximum Gasteiger partial charge on any atom is 0.133 e. The minimum atomic E-state index is -0.133. The van der Waals surface area contributed by atoms with Crippen LogP contribution in [-0.2, 0) is 0 Å². The minimum Gasteiger partial charge on any atom is -0.485 e. The molecule has 0 aliphatic heterocycles. The number of nitrogens with zero attached hydrogens (tertiary/aromatic N) is 2. The molecule has 0 aliphatic rings. The van der Waals surface area contributed by atoms with Gasteiger partial charge in [-0.15, -0.1) is 11.3 Å². The molecule has 1 unspecified atom stereocenters. The van der Waals surface area contributed by atoms with Crippen LogP contribution in [-0.4, -0.2) is 9.55 Å². The van der Waals surface area contributed by atoms with Crippen molar-refractivity contribution >= 4 is 39.7 Å². The number of benzene rings is 2. The Morgan fingerprint density at radius 3 is 2.88 bits per heavy atom. The Bertz CT molecular complexity index is 1040. The molecule has 0 spiro atoms. The highest BCUT2D eigenvalue weighted by Gasteiger charge is 2.13. The summed E-state index contributed by atoms with van der Waals surface area (Å²) in [7, 11) is 0. The third kappa shape index (κ3) is 3.08. The summed E-state index contributed by atoms with van der Waals surface area (Å²) in [5.74, 6) is 0.804. The Hall–Kier alpha value is -2.50. The van der Waals surface area contributed by atoms with Crippen molar-refractivity contribution in [2.75, 3.05) is 5.73 Å². The zero-order valence-corrected chi connectivity index (χ0v) is 15.1. The standard InChI is InChI=1S/C19H16ClN3OS/c1-12(15-4-2-3-5-16(15)20)24-14-9-19(25-10-14)23-11-22-17-7-6-13(21)8-18(17)23/h2-12H,21H2,1H3. The van der Waals surface area contributed by atoms with Crippen LogP contribution in [0, 0.1) is 0 Å². The van der Waals surface area contributed by atoms with Crippen molar-refractivity contribution in [2.24, 2.45) is 0 Å². The lowest BCUT2D eigenvalue weighted by molar-refractivity contribution is 0.228. The van der Waals surface area contributed by atoms with Crippen molar-refractivity contribution in [2.45, 2.75) is 13.0 Å². The predicted octanol–water partition coefficient (Wildman–Crippen LogP) is 5.46. The number of anilines is 1. The van der Waals surface area contributed by atoms with Crippen LogP contribution < -0.4 is 10.5 Å². The average molecular weight is 370 g/mol. The normalized spacial score (nSPS) is 12.4. The van der Waals surface area contributed by atoms with E-state index in [0.717, 1.165) is 33.0 Å². The van der Waals surface area contributed by atoms with Crippen LogP contribution in [0.5, 0.6) is 5.75 Å². The molecule has 4 rings (SSSR count). The van der Waals surface area contributed by atoms with Crippen molar-refractivity contribution in [1.29, 1.82) is 0 Å². The molecule has 2 N–H and O–H groups in total. The summed E-state index contributed by atoms with van der Waals surface area (Å²) >= 11 is 7.84. The van der Waals surface area contributed by atoms with Crippen LogP contribution in [0.2, 0.25) is 5.02 Å². The Morgan fingerprint density at radius 1 is 1.20 bits per heavy atom. The number of aromatic nitrogens is 2. The van der Waals surface area contributed by atoms with Crippen LogP contribution in [0.4, 0.5) is 5.69 Å². The number of nitrogen functional groups attached to an aromatic ring is 1. The van der Waals surface area contributed by atoms with E-state index in [4.69, 9.17) is 22.1 Å². The van der Waals surface area contributed by atoms with Crippen LogP contribution in [0.1, 0.15) is 18.6 Å². The van der Waals surface area contributed by atoms with Gasteiger partial charge in [-0.25, -0.2) is 4.98 Å². The first-order valence-electron chi connectivity index (χ1n) is 7.84. The fraction of sp³-hybridized carbons (Fsp3) is 0.105. The number of halogens is 1. The Balaban J connectivity index is 1.62. The van der Waals surface area contributed by atoms with E-state index >= 15 is 0 Å². The molecule has 0 radical (unpaired) electrons. The Morgan fingerprint density at radius 2 is 2.04 bits per heavy atom. The summed E-state index contributed by atoms with van der Waals surface area (Å²) in [4.78, 5) is 4.42. The molecule has 0 fully saturated rings. The molecule has 0 amide bonds. The minimum absolute atomic E-state index is 0.133. The first-order valence-corrected chi connectivity index (χ1v) is 9.10. The van der Waals surface area contributed by atoms with Gasteiger partial charge in [0.1, 0.15) is 23.2 Å². The van der Waals surface area contributed by atoms with Crippen LogP contribution in [0.3, 0.4) is 0 Å². The molecule has 2 aromatic heterocycles. The van der Waals surface area contributed by atoms with Crippen LogP contribution in [0.25, 0.3) is 16.0 Å². The number of nitrogens with two attached hydrogens (primary N) is 1. The lowest BCUT2D eigenvalue weighted by atomic mass is 10.1. The highest BCUT2D eigenvalue weighted by atomic mass is 35.5. The Labute approximate surface area is 154 Å². The molecule has 0 bridgehead atoms. The van der Waals surface area contributed by atoms with Gasteiger partial charge in [-0.1, -0.05) is 29.8 Å². The van der Waals surface area contributed by atoms with Gasteiger partial charge in [0, 0.05) is 27.7 Å². The summed E-state index contributed by atoms with van der Waals surface area (Å²) in [5, 5.41) is 3.72. The van der Waals surface area contributed by atoms with Gasteiger partial charge >= 0.3 is 0 Å². The van der Waals surface area contributed by atoms with Crippen molar-refractivity contribution in [1.82, 2.24) is 9.55 Å². The fourth-order valence-corrected chi connectivity index (χ4v) is 3.86. The number of ether oxygens (including phenoxy) is 1. The lowest BCUT2D eigenvalue weighted by Crippen LogP contribution is -2.03. The first kappa shape index (κ1) is 16.0. The average Bonchev–Trinajstić information content (AvgIpc) is 3.21. The maximum absolute atomic E-state index is 6.25. The van der Waals surface area contributed by atoms with E-state index in [9.17, 15) is 0 Å². The molecule has 1 atom stereocenters. The molecule has 0 saturated heterocycles. The summed E-state index contributed by atoms with van der Waals surface area (Å²) in [6.07, 6.45) is 1.67. The molecule has 4 aromatic rings. The smallest absolute Gasteiger partial charge is 0.133 e. The van der Waals surface area contributed by atoms with E-state index in [1.165, 1.54) is 0 Å². The fourth-order valence-electron chi connectivity index (χ4n) is 2.77. The second kappa shape index (κ2) is 6.43. The molecule has 2 heterocycles. The number of hydrogen-bond acceptors (Lipinski definition) is 4. The van der Waals surface area contributed by atoms with E-state index < -0.39 is 0 Å². The number of rotatable bonds is 4. The topological polar surface area (TPSA) is 53.1 Å². The van der Waals surface area contributed by atoms with Gasteiger partial charge in [-0.2, -0.15) is 0 Å². The molecule has 25 heavy (non-hydrogen) atoms. The molecular formula is C19H16ClN3OS. The largest absolute Gasteiger partial charge is 0.485 e. The summed E-state index contributed by atoms with van der Waals surface area (Å²) in [6.45, 7) is 1.99. The zero-order chi connectivity index (χ0) is 17.4. The summed E-state index contributed by atoms with van der Waals surface area (Å²) in [5.41, 5.74) is 9.48. The molecule has 4 nitrogen and oxygen atoms in total. The highest BCUT2D eigenvalue weighted by Crippen LogP contribution is 2.32. The quantitative estimate of drug-likeness (QED) is 0.486. The van der Waals surface area contributed by atoms with Crippen molar-refractivity contribution < 1.29 is 4.74 Å². The lowest BCUT2D eigenvalue weighted by Gasteiger charge is -2.15. The number of thiophene rings is 1. The van der Waals surface area contributed by atoms with Crippen LogP contribution in [0.15, 0.2) is 60.2 Å². The van der Waals surface area contributed by atoms with Crippen molar-refractivity contribution in [3.05, 3.63) is 70.8 Å². The van der Waals surface area contributed by atoms with Crippen LogP contribution >= 0.6 is 22.9 Å². The molecule has 126 valence electrons. The molecule has 2 aromatic carbocycles. The van der Waals surface area contributed by atoms with E-state index in [-0.39, 0.29) is 6.10 Å². The van der Waals surface area contributed by atoms with E-state index in [1.807, 2.05) is 65.4 Å². The number of hydrogen-bond donors (Lipinski definition) is 1. The van der Waals surface area contributed by atoms with Gasteiger partial charge in [0.2, 0.25) is 0 Å². The molecule has 0 saturated carbocycles. The van der Waals surface area contributed by atoms with Gasteiger partial charge in [-0.3, -0.25) is 4.57 Å². The van der Waals surface area contributed by atoms with Crippen molar-refractivity contribution in [3.8, 4) is 10.8 Å². The van der Waals surface area contributed by atoms with E-state index in [0.29, 0.717) is 5.02 Å². The zero-order valence-electron chi connectivity index (χ0n) is 13.5. The molecule has 6 heteroatoms. The first-order chi connectivity index (χ1) is 12.1. The van der Waals surface area contributed by atoms with Gasteiger partial charge in [0.05, 0.1) is 11.0 Å². The SMILES string of the molecule is CC(Oc1csc(-n2cnc3ccc(N)cc32)c1)c1ccccc1Cl. The predicted molar refractivity (Wildman–Crippen MR) is 104 cm³/mol. The molecular weight excluding hydrogens is 354 g/mol. The van der Waals surface area contributed by atoms with Crippen molar-refractivity contribution in [3.63, 3.8) is 0 Å². The second-order valence-corrected chi connectivity index (χ2v) is 7.06.